The van der Waals surface area contributed by atoms with Gasteiger partial charge in [-0.05, 0) is 5.92 Å². The van der Waals surface area contributed by atoms with Crippen molar-refractivity contribution in [2.24, 2.45) is 31.6 Å². The van der Waals surface area contributed by atoms with Gasteiger partial charge in [0.05, 0.1) is 6.04 Å². The van der Waals surface area contributed by atoms with E-state index >= 15 is 0 Å². The maximum Gasteiger partial charge on any atom is 0.242 e. The van der Waals surface area contributed by atoms with E-state index in [-0.39, 0.29) is 11.8 Å². The molecule has 0 radical (unpaired) electrons. The van der Waals surface area contributed by atoms with Gasteiger partial charge in [-0.3, -0.25) is 9.79 Å². The Morgan fingerprint density at radius 2 is 2.18 bits per heavy atom. The highest BCUT2D eigenvalue weighted by atomic mass is 16.2. The summed E-state index contributed by atoms with van der Waals surface area (Å²) < 4.78 is 0. The molecule has 0 saturated carbocycles. The van der Waals surface area contributed by atoms with Crippen LogP contribution in [-0.4, -0.2) is 42.3 Å². The van der Waals surface area contributed by atoms with E-state index in [0.717, 1.165) is 0 Å². The standard InChI is InChI=1S/C10H14N6O/c1-5(2)6(11)10(17)16-9-7-8(13-3-12-7)14-4-15-9/h3-7H,11H2,1-2H3,(H,12,13,14,15,16,17). The number of carbonyl (C=O) groups excluding carboxylic acids is 1. The van der Waals surface area contributed by atoms with Crippen LogP contribution in [0.4, 0.5) is 0 Å². The Labute approximate surface area is 98.6 Å². The second-order valence-electron chi connectivity index (χ2n) is 4.17. The lowest BCUT2D eigenvalue weighted by atomic mass is 10.0. The molecule has 2 aliphatic rings. The number of rotatable bonds is 2. The van der Waals surface area contributed by atoms with Crippen molar-refractivity contribution in [3.05, 3.63) is 0 Å². The Balaban J connectivity index is 2.07. The number of fused-ring (bicyclic) bond motifs is 1. The molecule has 0 bridgehead atoms. The summed E-state index contributed by atoms with van der Waals surface area (Å²) >= 11 is 0. The molecule has 0 aromatic carbocycles. The van der Waals surface area contributed by atoms with Crippen molar-refractivity contribution in [2.45, 2.75) is 25.9 Å². The van der Waals surface area contributed by atoms with Crippen LogP contribution < -0.4 is 11.1 Å². The highest BCUT2D eigenvalue weighted by Gasteiger charge is 2.29. The summed E-state index contributed by atoms with van der Waals surface area (Å²) in [5, 5.41) is 2.67. The smallest absolute Gasteiger partial charge is 0.242 e. The predicted octanol–water partition coefficient (Wildman–Crippen LogP) is -0.665. The van der Waals surface area contributed by atoms with Gasteiger partial charge in [0, 0.05) is 0 Å². The highest BCUT2D eigenvalue weighted by Crippen LogP contribution is 2.08. The predicted molar refractivity (Wildman–Crippen MR) is 66.6 cm³/mol. The Kier molecular flexibility index (Phi) is 3.10. The first-order valence-corrected chi connectivity index (χ1v) is 5.35. The first kappa shape index (κ1) is 11.6. The number of nitrogens with zero attached hydrogens (tertiary/aromatic N) is 4. The van der Waals surface area contributed by atoms with Crippen LogP contribution in [0.5, 0.6) is 0 Å². The van der Waals surface area contributed by atoms with Crippen molar-refractivity contribution in [2.75, 3.05) is 0 Å². The van der Waals surface area contributed by atoms with E-state index in [1.807, 2.05) is 13.8 Å². The molecule has 2 heterocycles. The molecule has 2 aliphatic heterocycles. The van der Waals surface area contributed by atoms with Gasteiger partial charge in [-0.25, -0.2) is 15.0 Å². The first-order valence-electron chi connectivity index (χ1n) is 5.35. The third-order valence-corrected chi connectivity index (χ3v) is 2.57. The van der Waals surface area contributed by atoms with Crippen LogP contribution in [0.3, 0.4) is 0 Å². The quantitative estimate of drug-likeness (QED) is 0.661. The van der Waals surface area contributed by atoms with E-state index in [1.165, 1.54) is 12.7 Å². The average Bonchev–Trinajstić information content (AvgIpc) is 2.76. The van der Waals surface area contributed by atoms with Gasteiger partial charge in [0.1, 0.15) is 18.5 Å². The van der Waals surface area contributed by atoms with Crippen LogP contribution in [0.15, 0.2) is 20.0 Å². The third-order valence-electron chi connectivity index (χ3n) is 2.57. The fourth-order valence-electron chi connectivity index (χ4n) is 1.43. The zero-order chi connectivity index (χ0) is 12.4. The molecule has 0 saturated heterocycles. The van der Waals surface area contributed by atoms with E-state index < -0.39 is 12.1 Å². The number of amides is 1. The number of hydrogen-bond donors (Lipinski definition) is 2. The first-order chi connectivity index (χ1) is 8.09. The van der Waals surface area contributed by atoms with Crippen LogP contribution in [0.1, 0.15) is 13.8 Å². The molecular weight excluding hydrogens is 220 g/mol. The van der Waals surface area contributed by atoms with Crippen LogP contribution in [-0.2, 0) is 4.79 Å². The molecule has 0 aliphatic carbocycles. The summed E-state index contributed by atoms with van der Waals surface area (Å²) in [5.41, 5.74) is 5.75. The fourth-order valence-corrected chi connectivity index (χ4v) is 1.43. The molecule has 2 rings (SSSR count). The Hall–Kier alpha value is -1.89. The second-order valence-corrected chi connectivity index (χ2v) is 4.17. The highest BCUT2D eigenvalue weighted by molar-refractivity contribution is 6.22. The minimum absolute atomic E-state index is 0.0630. The average molecular weight is 234 g/mol. The third kappa shape index (κ3) is 2.28. The lowest BCUT2D eigenvalue weighted by Crippen LogP contribution is -2.50. The molecular formula is C10H14N6O. The van der Waals surface area contributed by atoms with E-state index in [1.54, 1.807) is 0 Å². The summed E-state index contributed by atoms with van der Waals surface area (Å²) in [4.78, 5) is 27.8. The van der Waals surface area contributed by atoms with Crippen LogP contribution >= 0.6 is 0 Å². The maximum absolute atomic E-state index is 11.8. The van der Waals surface area contributed by atoms with Gasteiger partial charge in [0.15, 0.2) is 11.9 Å². The summed E-state index contributed by atoms with van der Waals surface area (Å²) in [6, 6.07) is -0.967. The normalized spacial score (nSPS) is 23.2. The molecule has 0 aromatic heterocycles. The van der Waals surface area contributed by atoms with Crippen LogP contribution in [0, 0.1) is 5.92 Å². The number of nitrogens with two attached hydrogens (primary N) is 1. The molecule has 90 valence electrons. The second kappa shape index (κ2) is 4.54. The van der Waals surface area contributed by atoms with E-state index in [4.69, 9.17) is 5.73 Å². The van der Waals surface area contributed by atoms with E-state index in [0.29, 0.717) is 11.7 Å². The number of amidine groups is 2. The summed E-state index contributed by atoms with van der Waals surface area (Å²) in [6.45, 7) is 3.77. The molecule has 2 atom stereocenters. The van der Waals surface area contributed by atoms with Gasteiger partial charge in [-0.15, -0.1) is 0 Å². The van der Waals surface area contributed by atoms with Gasteiger partial charge < -0.3 is 11.1 Å². The zero-order valence-electron chi connectivity index (χ0n) is 9.66. The Bertz CT molecular complexity index is 448. The Morgan fingerprint density at radius 1 is 1.41 bits per heavy atom. The topological polar surface area (TPSA) is 105 Å². The fraction of sp³-hybridized carbons (Fsp3) is 0.500. The van der Waals surface area contributed by atoms with Gasteiger partial charge in [0.2, 0.25) is 5.91 Å². The largest absolute Gasteiger partial charge is 0.320 e. The lowest BCUT2D eigenvalue weighted by Gasteiger charge is -2.19. The molecule has 0 aromatic rings. The van der Waals surface area contributed by atoms with Crippen LogP contribution in [0.2, 0.25) is 0 Å². The van der Waals surface area contributed by atoms with Gasteiger partial charge in [-0.1, -0.05) is 13.8 Å². The number of nitrogens with one attached hydrogen (secondary N) is 1. The summed E-state index contributed by atoms with van der Waals surface area (Å²) in [6.07, 6.45) is 2.76. The van der Waals surface area contributed by atoms with Gasteiger partial charge in [-0.2, -0.15) is 0 Å². The van der Waals surface area contributed by atoms with Crippen molar-refractivity contribution in [1.82, 2.24) is 5.32 Å². The lowest BCUT2D eigenvalue weighted by molar-refractivity contribution is -0.121. The SMILES string of the molecule is CC(C)C(N)C(=O)NC1=NC=NC2=NC=NC21. The van der Waals surface area contributed by atoms with Crippen molar-refractivity contribution in [3.63, 3.8) is 0 Å². The van der Waals surface area contributed by atoms with E-state index in [2.05, 4.69) is 25.3 Å². The maximum atomic E-state index is 11.8. The molecule has 0 spiro atoms. The van der Waals surface area contributed by atoms with Crippen molar-refractivity contribution >= 4 is 30.3 Å². The molecule has 0 fully saturated rings. The molecule has 2 unspecified atom stereocenters. The number of carbonyl (C=O) groups is 1. The van der Waals surface area contributed by atoms with Gasteiger partial charge in [0.25, 0.3) is 0 Å². The summed E-state index contributed by atoms with van der Waals surface area (Å²) in [7, 11) is 0. The summed E-state index contributed by atoms with van der Waals surface area (Å²) in [5.74, 6) is 0.755. The van der Waals surface area contributed by atoms with Crippen LogP contribution in [0.25, 0.3) is 0 Å². The zero-order valence-corrected chi connectivity index (χ0v) is 9.66. The van der Waals surface area contributed by atoms with Gasteiger partial charge >= 0.3 is 0 Å². The number of aliphatic imine (C=N–C) groups is 4. The monoisotopic (exact) mass is 234 g/mol. The van der Waals surface area contributed by atoms with Crippen molar-refractivity contribution in [3.8, 4) is 0 Å². The minimum atomic E-state index is -0.567. The van der Waals surface area contributed by atoms with Crippen molar-refractivity contribution < 1.29 is 4.79 Å². The Morgan fingerprint density at radius 3 is 2.88 bits per heavy atom. The molecule has 3 N–H and O–H groups in total. The molecule has 7 heteroatoms. The van der Waals surface area contributed by atoms with E-state index in [9.17, 15) is 4.79 Å². The minimum Gasteiger partial charge on any atom is -0.320 e. The molecule has 17 heavy (non-hydrogen) atoms. The van der Waals surface area contributed by atoms with Crippen molar-refractivity contribution in [1.29, 1.82) is 0 Å². The number of hydrogen-bond acceptors (Lipinski definition) is 6. The molecule has 7 nitrogen and oxygen atoms in total. The molecule has 1 amide bonds.